The fraction of sp³-hybridized carbons (Fsp3) is 0.571. The zero-order chi connectivity index (χ0) is 14.1. The molecule has 0 aromatic heterocycles. The Morgan fingerprint density at radius 3 is 2.63 bits per heavy atom. The number of hydrogen-bond donors (Lipinski definition) is 2. The van der Waals surface area contributed by atoms with Gasteiger partial charge in [-0.25, -0.2) is 0 Å². The van der Waals surface area contributed by atoms with Crippen LogP contribution in [-0.2, 0) is 11.3 Å². The fourth-order valence-corrected chi connectivity index (χ4v) is 1.64. The van der Waals surface area contributed by atoms with Crippen LogP contribution in [0, 0.1) is 0 Å². The number of benzene rings is 1. The first-order valence-corrected chi connectivity index (χ1v) is 6.38. The van der Waals surface area contributed by atoms with Crippen molar-refractivity contribution in [2.45, 2.75) is 19.6 Å². The molecule has 2 N–H and O–H groups in total. The molecular formula is C14H23NO4. The summed E-state index contributed by atoms with van der Waals surface area (Å²) in [5.74, 6) is 1.29. The quantitative estimate of drug-likeness (QED) is 0.705. The molecule has 0 radical (unpaired) electrons. The van der Waals surface area contributed by atoms with Gasteiger partial charge in [-0.2, -0.15) is 0 Å². The van der Waals surface area contributed by atoms with Gasteiger partial charge in [0.15, 0.2) is 11.5 Å². The molecule has 0 aliphatic rings. The van der Waals surface area contributed by atoms with E-state index in [0.717, 1.165) is 18.7 Å². The second kappa shape index (κ2) is 8.74. The number of rotatable bonds is 9. The van der Waals surface area contributed by atoms with Crippen LogP contribution in [0.2, 0.25) is 0 Å². The van der Waals surface area contributed by atoms with Crippen LogP contribution in [0.3, 0.4) is 0 Å². The second-order valence-electron chi connectivity index (χ2n) is 4.19. The molecule has 0 fully saturated rings. The van der Waals surface area contributed by atoms with E-state index in [9.17, 15) is 5.11 Å². The van der Waals surface area contributed by atoms with Crippen LogP contribution in [-0.4, -0.2) is 45.2 Å². The first-order valence-electron chi connectivity index (χ1n) is 6.38. The van der Waals surface area contributed by atoms with Crippen molar-refractivity contribution >= 4 is 0 Å². The highest BCUT2D eigenvalue weighted by Crippen LogP contribution is 2.28. The zero-order valence-electron chi connectivity index (χ0n) is 11.8. The SMILES string of the molecule is CCNCc1ccc(OCC(O)COC)c(OC)c1. The first-order chi connectivity index (χ1) is 9.21. The summed E-state index contributed by atoms with van der Waals surface area (Å²) in [6, 6.07) is 5.76. The lowest BCUT2D eigenvalue weighted by molar-refractivity contribution is 0.0319. The van der Waals surface area contributed by atoms with Crippen LogP contribution in [0.4, 0.5) is 0 Å². The van der Waals surface area contributed by atoms with Crippen LogP contribution in [0.15, 0.2) is 18.2 Å². The van der Waals surface area contributed by atoms with Gasteiger partial charge in [0.05, 0.1) is 13.7 Å². The third-order valence-corrected chi connectivity index (χ3v) is 2.60. The molecule has 0 saturated carbocycles. The van der Waals surface area contributed by atoms with Gasteiger partial charge in [0.25, 0.3) is 0 Å². The van der Waals surface area contributed by atoms with E-state index in [2.05, 4.69) is 12.2 Å². The molecule has 5 heteroatoms. The standard InChI is InChI=1S/C14H23NO4/c1-4-15-8-11-5-6-13(14(7-11)18-3)19-10-12(16)9-17-2/h5-7,12,15-16H,4,8-10H2,1-3H3. The summed E-state index contributed by atoms with van der Waals surface area (Å²) in [6.07, 6.45) is -0.642. The Morgan fingerprint density at radius 1 is 1.21 bits per heavy atom. The maximum atomic E-state index is 9.54. The molecule has 0 spiro atoms. The highest BCUT2D eigenvalue weighted by molar-refractivity contribution is 5.42. The maximum Gasteiger partial charge on any atom is 0.161 e. The summed E-state index contributed by atoms with van der Waals surface area (Å²) in [5, 5.41) is 12.8. The normalized spacial score (nSPS) is 12.2. The van der Waals surface area contributed by atoms with Crippen LogP contribution in [0.25, 0.3) is 0 Å². The largest absolute Gasteiger partial charge is 0.493 e. The lowest BCUT2D eigenvalue weighted by atomic mass is 10.2. The van der Waals surface area contributed by atoms with E-state index in [1.54, 1.807) is 14.2 Å². The molecular weight excluding hydrogens is 246 g/mol. The van der Waals surface area contributed by atoms with Crippen LogP contribution in [0.1, 0.15) is 12.5 Å². The second-order valence-corrected chi connectivity index (χ2v) is 4.19. The predicted octanol–water partition coefficient (Wildman–Crippen LogP) is 1.19. The van der Waals surface area contributed by atoms with E-state index < -0.39 is 6.10 Å². The lowest BCUT2D eigenvalue weighted by Gasteiger charge is -2.15. The highest BCUT2D eigenvalue weighted by Gasteiger charge is 2.09. The Kier molecular flexibility index (Phi) is 7.25. The molecule has 0 amide bonds. The summed E-state index contributed by atoms with van der Waals surface area (Å²) in [5.41, 5.74) is 1.13. The van der Waals surface area contributed by atoms with Gasteiger partial charge >= 0.3 is 0 Å². The number of aliphatic hydroxyl groups excluding tert-OH is 1. The van der Waals surface area contributed by atoms with Gasteiger partial charge in [-0.05, 0) is 24.2 Å². The number of hydrogen-bond acceptors (Lipinski definition) is 5. The van der Waals surface area contributed by atoms with Crippen LogP contribution in [0.5, 0.6) is 11.5 Å². The fourth-order valence-electron chi connectivity index (χ4n) is 1.64. The number of nitrogens with one attached hydrogen (secondary N) is 1. The molecule has 1 aromatic carbocycles. The summed E-state index contributed by atoms with van der Waals surface area (Å²) in [6.45, 7) is 4.20. The highest BCUT2D eigenvalue weighted by atomic mass is 16.5. The predicted molar refractivity (Wildman–Crippen MR) is 73.8 cm³/mol. The number of aliphatic hydroxyl groups is 1. The molecule has 1 atom stereocenters. The van der Waals surface area contributed by atoms with Crippen molar-refractivity contribution in [1.29, 1.82) is 0 Å². The van der Waals surface area contributed by atoms with Crippen molar-refractivity contribution in [1.82, 2.24) is 5.32 Å². The minimum Gasteiger partial charge on any atom is -0.493 e. The Labute approximate surface area is 114 Å². The number of ether oxygens (including phenoxy) is 3. The summed E-state index contributed by atoms with van der Waals surface area (Å²) in [7, 11) is 3.14. The molecule has 0 heterocycles. The van der Waals surface area contributed by atoms with E-state index >= 15 is 0 Å². The molecule has 19 heavy (non-hydrogen) atoms. The third-order valence-electron chi connectivity index (χ3n) is 2.60. The molecule has 5 nitrogen and oxygen atoms in total. The lowest BCUT2D eigenvalue weighted by Crippen LogP contribution is -2.22. The van der Waals surface area contributed by atoms with Gasteiger partial charge in [0, 0.05) is 13.7 Å². The smallest absolute Gasteiger partial charge is 0.161 e. The van der Waals surface area contributed by atoms with Gasteiger partial charge in [-0.1, -0.05) is 13.0 Å². The van der Waals surface area contributed by atoms with E-state index in [1.165, 1.54) is 0 Å². The molecule has 0 saturated heterocycles. The molecule has 1 unspecified atom stereocenters. The van der Waals surface area contributed by atoms with Crippen LogP contribution >= 0.6 is 0 Å². The Hall–Kier alpha value is -1.30. The minimum atomic E-state index is -0.642. The Balaban J connectivity index is 2.62. The van der Waals surface area contributed by atoms with E-state index in [1.807, 2.05) is 18.2 Å². The Bertz CT molecular complexity index is 370. The van der Waals surface area contributed by atoms with Crippen molar-refractivity contribution < 1.29 is 19.3 Å². The Morgan fingerprint density at radius 2 is 2.00 bits per heavy atom. The topological polar surface area (TPSA) is 60.0 Å². The summed E-state index contributed by atoms with van der Waals surface area (Å²) >= 11 is 0. The average Bonchev–Trinajstić information content (AvgIpc) is 2.43. The van der Waals surface area contributed by atoms with E-state index in [4.69, 9.17) is 14.2 Å². The van der Waals surface area contributed by atoms with Gasteiger partial charge in [-0.3, -0.25) is 0 Å². The first kappa shape index (κ1) is 15.8. The summed E-state index contributed by atoms with van der Waals surface area (Å²) < 4.78 is 15.7. The molecule has 1 rings (SSSR count). The minimum absolute atomic E-state index is 0.177. The van der Waals surface area contributed by atoms with Crippen LogP contribution < -0.4 is 14.8 Å². The van der Waals surface area contributed by atoms with Crippen molar-refractivity contribution in [3.8, 4) is 11.5 Å². The molecule has 108 valence electrons. The zero-order valence-corrected chi connectivity index (χ0v) is 11.8. The van der Waals surface area contributed by atoms with E-state index in [0.29, 0.717) is 11.5 Å². The van der Waals surface area contributed by atoms with Gasteiger partial charge < -0.3 is 24.6 Å². The van der Waals surface area contributed by atoms with Crippen molar-refractivity contribution in [2.24, 2.45) is 0 Å². The van der Waals surface area contributed by atoms with Crippen molar-refractivity contribution in [2.75, 3.05) is 34.0 Å². The van der Waals surface area contributed by atoms with Gasteiger partial charge in [0.1, 0.15) is 12.7 Å². The molecule has 0 aliphatic carbocycles. The third kappa shape index (κ3) is 5.46. The number of methoxy groups -OCH3 is 2. The molecule has 1 aromatic rings. The molecule has 0 aliphatic heterocycles. The summed E-state index contributed by atoms with van der Waals surface area (Å²) in [4.78, 5) is 0. The van der Waals surface area contributed by atoms with E-state index in [-0.39, 0.29) is 13.2 Å². The average molecular weight is 269 g/mol. The molecule has 0 bridgehead atoms. The van der Waals surface area contributed by atoms with Crippen molar-refractivity contribution in [3.05, 3.63) is 23.8 Å². The monoisotopic (exact) mass is 269 g/mol. The van der Waals surface area contributed by atoms with Gasteiger partial charge in [-0.15, -0.1) is 0 Å². The van der Waals surface area contributed by atoms with Crippen molar-refractivity contribution in [3.63, 3.8) is 0 Å². The van der Waals surface area contributed by atoms with Gasteiger partial charge in [0.2, 0.25) is 0 Å². The maximum absolute atomic E-state index is 9.54.